The molecule has 0 saturated carbocycles. The van der Waals surface area contributed by atoms with E-state index in [4.69, 9.17) is 27.4 Å². The van der Waals surface area contributed by atoms with Gasteiger partial charge in [-0.05, 0) is 13.0 Å². The van der Waals surface area contributed by atoms with E-state index in [0.717, 1.165) is 0 Å². The number of benzene rings is 2. The van der Waals surface area contributed by atoms with E-state index in [1.807, 2.05) is 6.07 Å². The molecule has 2 aromatic carbocycles. The zero-order chi connectivity index (χ0) is 24.4. The number of ketones is 2. The van der Waals surface area contributed by atoms with Gasteiger partial charge in [0.25, 0.3) is 0 Å². The van der Waals surface area contributed by atoms with Gasteiger partial charge in [-0.3, -0.25) is 19.6 Å². The van der Waals surface area contributed by atoms with Crippen molar-refractivity contribution in [2.24, 2.45) is 32.9 Å². The van der Waals surface area contributed by atoms with Gasteiger partial charge < -0.3 is 38.0 Å². The Balaban J connectivity index is 0.00000228. The van der Waals surface area contributed by atoms with Crippen molar-refractivity contribution in [3.63, 3.8) is 0 Å². The highest BCUT2D eigenvalue weighted by Gasteiger charge is 2.36. The molecule has 3 aromatic rings. The van der Waals surface area contributed by atoms with Crippen LogP contribution in [0.2, 0.25) is 0 Å². The molecule has 1 aromatic heterocycles. The van der Waals surface area contributed by atoms with Crippen LogP contribution in [0, 0.1) is 6.92 Å². The Labute approximate surface area is 219 Å². The van der Waals surface area contributed by atoms with Crippen LogP contribution < -0.4 is 33.6 Å². The first-order valence-corrected chi connectivity index (χ1v) is 10.7. The van der Waals surface area contributed by atoms with Crippen LogP contribution >= 0.6 is 24.8 Å². The minimum Gasteiger partial charge on any atom is -0.459 e. The second-order valence-corrected chi connectivity index (χ2v) is 7.77. The zero-order valence-corrected chi connectivity index (χ0v) is 21.1. The van der Waals surface area contributed by atoms with Crippen molar-refractivity contribution < 1.29 is 14.0 Å². The van der Waals surface area contributed by atoms with Gasteiger partial charge in [-0.25, -0.2) is 0 Å². The van der Waals surface area contributed by atoms with Gasteiger partial charge in [0.05, 0.1) is 35.6 Å². The number of carbonyl (C=O) groups is 2. The number of carbonyl (C=O) groups excluding carboxylic acids is 2. The number of aliphatic imine (C=N–C) groups is 2. The number of rotatable bonds is 8. The lowest BCUT2D eigenvalue weighted by atomic mass is 9.81. The third-order valence-electron chi connectivity index (χ3n) is 5.39. The van der Waals surface area contributed by atoms with Crippen molar-refractivity contribution in [3.05, 3.63) is 58.3 Å². The van der Waals surface area contributed by atoms with Crippen molar-refractivity contribution in [1.29, 1.82) is 0 Å². The van der Waals surface area contributed by atoms with Gasteiger partial charge in [-0.2, -0.15) is 0 Å². The minimum atomic E-state index is -0.280. The number of hydrogen-bond acceptors (Lipinski definition) is 7. The Hall–Kier alpha value is -3.96. The van der Waals surface area contributed by atoms with E-state index in [-0.39, 0.29) is 72.5 Å². The molecule has 1 heterocycles. The average Bonchev–Trinajstić information content (AvgIpc) is 3.19. The molecule has 11 nitrogen and oxygen atoms in total. The highest BCUT2D eigenvalue weighted by Crippen LogP contribution is 2.44. The van der Waals surface area contributed by atoms with Crippen LogP contribution in [0.5, 0.6) is 0 Å². The number of nitrogens with two attached hydrogens (primary N) is 4. The van der Waals surface area contributed by atoms with Gasteiger partial charge >= 0.3 is 0 Å². The molecule has 1 aliphatic rings. The van der Waals surface area contributed by atoms with Crippen LogP contribution in [-0.4, -0.2) is 49.7 Å². The molecule has 192 valence electrons. The fourth-order valence-corrected chi connectivity index (χ4v) is 4.07. The van der Waals surface area contributed by atoms with Crippen molar-refractivity contribution in [3.8, 4) is 0 Å². The number of nitrogens with one attached hydrogen (secondary N) is 2. The van der Waals surface area contributed by atoms with E-state index < -0.39 is 0 Å². The summed E-state index contributed by atoms with van der Waals surface area (Å²) in [5.41, 5.74) is 24.2. The van der Waals surface area contributed by atoms with E-state index in [0.29, 0.717) is 52.3 Å². The Kier molecular flexibility index (Phi) is 9.15. The van der Waals surface area contributed by atoms with Crippen molar-refractivity contribution >= 4 is 70.6 Å². The number of hydrogen-bond donors (Lipinski definition) is 6. The minimum absolute atomic E-state index is 0. The van der Waals surface area contributed by atoms with Gasteiger partial charge in [0, 0.05) is 29.6 Å². The van der Waals surface area contributed by atoms with Crippen LogP contribution in [0.4, 0.5) is 11.4 Å². The van der Waals surface area contributed by atoms with Crippen LogP contribution in [0.1, 0.15) is 37.6 Å². The summed E-state index contributed by atoms with van der Waals surface area (Å²) in [4.78, 5) is 35.3. The van der Waals surface area contributed by atoms with Gasteiger partial charge in [0.2, 0.25) is 0 Å². The first-order chi connectivity index (χ1) is 16.3. The molecule has 10 N–H and O–H groups in total. The fraction of sp³-hybridized carbons (Fsp3) is 0.217. The molecule has 0 spiro atoms. The first kappa shape index (κ1) is 28.3. The SMILES string of the molecule is Cc1cc2c(NCCN=C(N)N)c3c(c(NCCN=C(N)N)c2o1)C(=O)c1ccccc1C3=O.Cl.Cl. The Bertz CT molecular complexity index is 1260. The van der Waals surface area contributed by atoms with Crippen LogP contribution in [0.15, 0.2) is 44.7 Å². The smallest absolute Gasteiger partial charge is 0.196 e. The Morgan fingerprint density at radius 1 is 0.833 bits per heavy atom. The van der Waals surface area contributed by atoms with E-state index in [1.165, 1.54) is 0 Å². The number of fused-ring (bicyclic) bond motifs is 3. The largest absolute Gasteiger partial charge is 0.459 e. The molecule has 0 aliphatic heterocycles. The summed E-state index contributed by atoms with van der Waals surface area (Å²) in [6.07, 6.45) is 0. The number of furan rings is 1. The molecular weight excluding hydrogens is 507 g/mol. The third kappa shape index (κ3) is 5.31. The lowest BCUT2D eigenvalue weighted by Gasteiger charge is -2.24. The highest BCUT2D eigenvalue weighted by atomic mass is 35.5. The number of guanidine groups is 2. The number of aryl methyl sites for hydroxylation is 1. The Morgan fingerprint density at radius 3 is 1.81 bits per heavy atom. The molecule has 0 saturated heterocycles. The quantitative estimate of drug-likeness (QED) is 0.0841. The van der Waals surface area contributed by atoms with Gasteiger partial charge in [-0.15, -0.1) is 24.8 Å². The molecule has 36 heavy (non-hydrogen) atoms. The standard InChI is InChI=1S/C23H26N8O3.2ClH/c1-11-10-14-17(28-6-8-30-22(24)25)15-16(18(21(14)34-11)29-7-9-31-23(26)27)20(33)13-5-3-2-4-12(13)19(15)32;;/h2-5,10,28-29H,6-9H2,1H3,(H4,24,25,30)(H4,26,27,31);2*1H. The predicted octanol–water partition coefficient (Wildman–Crippen LogP) is 1.73. The maximum atomic E-state index is 13.7. The summed E-state index contributed by atoms with van der Waals surface area (Å²) in [6, 6.07) is 8.57. The topological polar surface area (TPSA) is 200 Å². The second-order valence-electron chi connectivity index (χ2n) is 7.77. The maximum absolute atomic E-state index is 13.7. The molecule has 0 bridgehead atoms. The Morgan fingerprint density at radius 2 is 1.31 bits per heavy atom. The van der Waals surface area contributed by atoms with Gasteiger partial charge in [0.1, 0.15) is 5.76 Å². The van der Waals surface area contributed by atoms with Gasteiger partial charge in [0.15, 0.2) is 29.1 Å². The number of halogens is 2. The van der Waals surface area contributed by atoms with Gasteiger partial charge in [-0.1, -0.05) is 24.3 Å². The number of nitrogens with zero attached hydrogens (tertiary/aromatic N) is 2. The molecule has 13 heteroatoms. The second kappa shape index (κ2) is 11.6. The van der Waals surface area contributed by atoms with Crippen LogP contribution in [0.3, 0.4) is 0 Å². The zero-order valence-electron chi connectivity index (χ0n) is 19.5. The molecule has 0 amide bonds. The summed E-state index contributed by atoms with van der Waals surface area (Å²) < 4.78 is 5.98. The van der Waals surface area contributed by atoms with E-state index in [2.05, 4.69) is 20.6 Å². The van der Waals surface area contributed by atoms with Crippen molar-refractivity contribution in [2.75, 3.05) is 36.8 Å². The normalized spacial score (nSPS) is 11.5. The summed E-state index contributed by atoms with van der Waals surface area (Å²) in [7, 11) is 0. The molecular formula is C23H28Cl2N8O3. The van der Waals surface area contributed by atoms with E-state index >= 15 is 0 Å². The molecule has 0 radical (unpaired) electrons. The fourth-order valence-electron chi connectivity index (χ4n) is 4.07. The first-order valence-electron chi connectivity index (χ1n) is 10.7. The summed E-state index contributed by atoms with van der Waals surface area (Å²) >= 11 is 0. The average molecular weight is 535 g/mol. The predicted molar refractivity (Wildman–Crippen MR) is 147 cm³/mol. The summed E-state index contributed by atoms with van der Waals surface area (Å²) in [6.45, 7) is 3.01. The number of anilines is 2. The maximum Gasteiger partial charge on any atom is 0.196 e. The highest BCUT2D eigenvalue weighted by molar-refractivity contribution is 6.34. The van der Waals surface area contributed by atoms with E-state index in [1.54, 1.807) is 31.2 Å². The van der Waals surface area contributed by atoms with Crippen LogP contribution in [-0.2, 0) is 0 Å². The molecule has 0 atom stereocenters. The summed E-state index contributed by atoms with van der Waals surface area (Å²) in [5.74, 6) is 0.00611. The van der Waals surface area contributed by atoms with E-state index in [9.17, 15) is 9.59 Å². The lowest BCUT2D eigenvalue weighted by Crippen LogP contribution is -2.26. The van der Waals surface area contributed by atoms with Crippen LogP contribution in [0.25, 0.3) is 11.0 Å². The van der Waals surface area contributed by atoms with Crippen molar-refractivity contribution in [2.45, 2.75) is 6.92 Å². The lowest BCUT2D eigenvalue weighted by molar-refractivity contribution is 0.0980. The molecule has 1 aliphatic carbocycles. The molecule has 0 unspecified atom stereocenters. The third-order valence-corrected chi connectivity index (χ3v) is 5.39. The summed E-state index contributed by atoms with van der Waals surface area (Å²) in [5, 5.41) is 7.11. The molecule has 4 rings (SSSR count). The van der Waals surface area contributed by atoms with Crippen molar-refractivity contribution in [1.82, 2.24) is 0 Å². The molecule has 0 fully saturated rings. The monoisotopic (exact) mass is 534 g/mol.